The number of hydrogen-bond acceptors (Lipinski definition) is 3. The number of aliphatic imine (C=N–C) groups is 1. The number of nitrogens with zero attached hydrogens (tertiary/aromatic N) is 1. The molecule has 2 nitrogen and oxygen atoms in total. The minimum absolute atomic E-state index is 0.130. The molecule has 0 unspecified atom stereocenters. The van der Waals surface area contributed by atoms with Gasteiger partial charge in [-0.2, -0.15) is 0 Å². The minimum Gasteiger partial charge on any atom is -0.390 e. The molecule has 7 heavy (non-hydrogen) atoms. The van der Waals surface area contributed by atoms with E-state index in [0.717, 1.165) is 17.3 Å². The van der Waals surface area contributed by atoms with E-state index in [4.69, 9.17) is 5.11 Å². The Morgan fingerprint density at radius 2 is 2.71 bits per heavy atom. The van der Waals surface area contributed by atoms with E-state index in [2.05, 4.69) is 4.99 Å². The first-order valence-electron chi connectivity index (χ1n) is 2.20. The Morgan fingerprint density at radius 3 is 3.00 bits per heavy atom. The van der Waals surface area contributed by atoms with Gasteiger partial charge >= 0.3 is 0 Å². The van der Waals surface area contributed by atoms with Gasteiger partial charge in [-0.15, -0.1) is 11.8 Å². The van der Waals surface area contributed by atoms with E-state index >= 15 is 0 Å². The lowest BCUT2D eigenvalue weighted by Gasteiger charge is -1.85. The highest BCUT2D eigenvalue weighted by atomic mass is 32.2. The van der Waals surface area contributed by atoms with Crippen molar-refractivity contribution in [2.45, 2.75) is 0 Å². The van der Waals surface area contributed by atoms with Crippen molar-refractivity contribution in [3.8, 4) is 0 Å². The quantitative estimate of drug-likeness (QED) is 0.529. The predicted molar refractivity (Wildman–Crippen MR) is 31.8 cm³/mol. The molecule has 3 heteroatoms. The van der Waals surface area contributed by atoms with Gasteiger partial charge in [-0.25, -0.2) is 0 Å². The van der Waals surface area contributed by atoms with Gasteiger partial charge in [-0.05, 0) is 0 Å². The van der Waals surface area contributed by atoms with Crippen LogP contribution in [-0.2, 0) is 0 Å². The van der Waals surface area contributed by atoms with Gasteiger partial charge in [0.25, 0.3) is 0 Å². The molecule has 1 aliphatic rings. The molecule has 0 saturated heterocycles. The van der Waals surface area contributed by atoms with Crippen molar-refractivity contribution in [2.75, 3.05) is 18.9 Å². The summed E-state index contributed by atoms with van der Waals surface area (Å²) in [6.07, 6.45) is 0. The Labute approximate surface area is 46.6 Å². The van der Waals surface area contributed by atoms with Crippen LogP contribution in [0.25, 0.3) is 0 Å². The molecule has 1 N–H and O–H groups in total. The number of hydrogen-bond donors (Lipinski definition) is 1. The third-order valence-electron chi connectivity index (χ3n) is 0.783. The van der Waals surface area contributed by atoms with Crippen molar-refractivity contribution in [1.82, 2.24) is 0 Å². The number of thioether (sulfide) groups is 1. The summed E-state index contributed by atoms with van der Waals surface area (Å²) < 4.78 is 0. The van der Waals surface area contributed by atoms with Crippen LogP contribution in [0, 0.1) is 0 Å². The highest BCUT2D eigenvalue weighted by Gasteiger charge is 2.02. The number of aliphatic hydroxyl groups excluding tert-OH is 1. The lowest BCUT2D eigenvalue weighted by Crippen LogP contribution is -1.92. The molecule has 0 radical (unpaired) electrons. The molecule has 1 heterocycles. The SMILES string of the molecule is OCC1=NCCS1. The second-order valence-electron chi connectivity index (χ2n) is 1.28. The van der Waals surface area contributed by atoms with Crippen LogP contribution in [-0.4, -0.2) is 29.1 Å². The zero-order chi connectivity index (χ0) is 5.11. The second-order valence-corrected chi connectivity index (χ2v) is 2.45. The van der Waals surface area contributed by atoms with Crippen LogP contribution in [0.1, 0.15) is 0 Å². The summed E-state index contributed by atoms with van der Waals surface area (Å²) in [6.45, 7) is 1.02. The summed E-state index contributed by atoms with van der Waals surface area (Å²) in [6, 6.07) is 0. The fraction of sp³-hybridized carbons (Fsp3) is 0.750. The van der Waals surface area contributed by atoms with Gasteiger partial charge < -0.3 is 5.11 Å². The molecule has 0 spiro atoms. The van der Waals surface area contributed by atoms with E-state index in [1.807, 2.05) is 0 Å². The molecular weight excluding hydrogens is 110 g/mol. The molecule has 0 aliphatic carbocycles. The van der Waals surface area contributed by atoms with Crippen LogP contribution in [0.5, 0.6) is 0 Å². The highest BCUT2D eigenvalue weighted by molar-refractivity contribution is 8.14. The average molecular weight is 117 g/mol. The lowest BCUT2D eigenvalue weighted by atomic mass is 10.7. The van der Waals surface area contributed by atoms with Gasteiger partial charge in [0.15, 0.2) is 0 Å². The third-order valence-corrected chi connectivity index (χ3v) is 1.76. The van der Waals surface area contributed by atoms with Gasteiger partial charge in [0.2, 0.25) is 0 Å². The van der Waals surface area contributed by atoms with Crippen LogP contribution in [0.2, 0.25) is 0 Å². The molecule has 0 aromatic rings. The Bertz CT molecular complexity index is 91.7. The Morgan fingerprint density at radius 1 is 1.86 bits per heavy atom. The maximum Gasteiger partial charge on any atom is 0.0932 e. The summed E-state index contributed by atoms with van der Waals surface area (Å²) >= 11 is 1.64. The lowest BCUT2D eigenvalue weighted by molar-refractivity contribution is 0.360. The second kappa shape index (κ2) is 2.33. The van der Waals surface area contributed by atoms with Gasteiger partial charge in [0.05, 0.1) is 11.7 Å². The van der Waals surface area contributed by atoms with Gasteiger partial charge in [0.1, 0.15) is 0 Å². The van der Waals surface area contributed by atoms with E-state index in [-0.39, 0.29) is 6.61 Å². The summed E-state index contributed by atoms with van der Waals surface area (Å²) in [5, 5.41) is 9.30. The standard InChI is InChI=1S/C4H7NOS/c6-3-4-5-1-2-7-4/h6H,1-3H2. The fourth-order valence-corrected chi connectivity index (χ4v) is 1.17. The third kappa shape index (κ3) is 1.17. The summed E-state index contributed by atoms with van der Waals surface area (Å²) in [7, 11) is 0. The molecule has 0 saturated carbocycles. The van der Waals surface area contributed by atoms with Gasteiger partial charge in [0, 0.05) is 12.3 Å². The first-order chi connectivity index (χ1) is 3.43. The monoisotopic (exact) mass is 117 g/mol. The summed E-state index contributed by atoms with van der Waals surface area (Å²) in [5.74, 6) is 1.05. The fourth-order valence-electron chi connectivity index (χ4n) is 0.475. The molecule has 0 amide bonds. The van der Waals surface area contributed by atoms with Crippen LogP contribution in [0.4, 0.5) is 0 Å². The molecular formula is C4H7NOS. The Kier molecular flexibility index (Phi) is 1.70. The van der Waals surface area contributed by atoms with Crippen molar-refractivity contribution in [3.05, 3.63) is 0 Å². The van der Waals surface area contributed by atoms with E-state index in [1.165, 1.54) is 0 Å². The van der Waals surface area contributed by atoms with Crippen LogP contribution >= 0.6 is 11.8 Å². The normalized spacial score (nSPS) is 19.9. The smallest absolute Gasteiger partial charge is 0.0932 e. The first kappa shape index (κ1) is 5.12. The first-order valence-corrected chi connectivity index (χ1v) is 3.19. The van der Waals surface area contributed by atoms with Gasteiger partial charge in [-0.3, -0.25) is 4.99 Å². The Hall–Kier alpha value is -0.0200. The van der Waals surface area contributed by atoms with Crippen LogP contribution in [0.15, 0.2) is 4.99 Å². The minimum atomic E-state index is 0.130. The van der Waals surface area contributed by atoms with Crippen molar-refractivity contribution >= 4 is 16.8 Å². The largest absolute Gasteiger partial charge is 0.390 e. The van der Waals surface area contributed by atoms with Crippen LogP contribution < -0.4 is 0 Å². The predicted octanol–water partition coefficient (Wildman–Crippen LogP) is 0.124. The molecule has 0 aromatic heterocycles. The molecule has 0 atom stereocenters. The van der Waals surface area contributed by atoms with E-state index in [9.17, 15) is 0 Å². The maximum absolute atomic E-state index is 8.41. The zero-order valence-electron chi connectivity index (χ0n) is 3.92. The average Bonchev–Trinajstić information content (AvgIpc) is 2.14. The van der Waals surface area contributed by atoms with E-state index in [1.54, 1.807) is 11.8 Å². The Balaban J connectivity index is 2.36. The maximum atomic E-state index is 8.41. The molecule has 40 valence electrons. The molecule has 0 bridgehead atoms. The molecule has 0 fully saturated rings. The number of rotatable bonds is 1. The topological polar surface area (TPSA) is 32.6 Å². The van der Waals surface area contributed by atoms with E-state index in [0.29, 0.717) is 0 Å². The van der Waals surface area contributed by atoms with Crippen LogP contribution in [0.3, 0.4) is 0 Å². The van der Waals surface area contributed by atoms with Crippen molar-refractivity contribution in [1.29, 1.82) is 0 Å². The highest BCUT2D eigenvalue weighted by Crippen LogP contribution is 2.09. The van der Waals surface area contributed by atoms with Gasteiger partial charge in [-0.1, -0.05) is 0 Å². The van der Waals surface area contributed by atoms with Crippen molar-refractivity contribution in [2.24, 2.45) is 4.99 Å². The summed E-state index contributed by atoms with van der Waals surface area (Å²) in [4.78, 5) is 3.98. The molecule has 1 rings (SSSR count). The van der Waals surface area contributed by atoms with Crippen molar-refractivity contribution in [3.63, 3.8) is 0 Å². The van der Waals surface area contributed by atoms with Crippen molar-refractivity contribution < 1.29 is 5.11 Å². The summed E-state index contributed by atoms with van der Waals surface area (Å²) in [5.41, 5.74) is 0. The van der Waals surface area contributed by atoms with E-state index < -0.39 is 0 Å². The molecule has 0 aromatic carbocycles. The zero-order valence-corrected chi connectivity index (χ0v) is 4.74. The number of aliphatic hydroxyl groups is 1. The molecule has 1 aliphatic heterocycles.